The van der Waals surface area contributed by atoms with E-state index in [1.807, 2.05) is 0 Å². The quantitative estimate of drug-likeness (QED) is 0.632. The molecule has 0 aliphatic rings. The standard InChI is InChI=1S/C10H5F4NO2/c11-3-1-4-7(10(14)8(3)12)9(13)5(15-4)2-6(16)17/h1,15H,2H2,(H,16,17). The van der Waals surface area contributed by atoms with Crippen LogP contribution in [0.5, 0.6) is 0 Å². The second kappa shape index (κ2) is 3.76. The summed E-state index contributed by atoms with van der Waals surface area (Å²) in [7, 11) is 0. The molecule has 0 bridgehead atoms. The lowest BCUT2D eigenvalue weighted by molar-refractivity contribution is -0.136. The van der Waals surface area contributed by atoms with Gasteiger partial charge < -0.3 is 10.1 Å². The molecule has 2 rings (SSSR count). The molecule has 7 heteroatoms. The van der Waals surface area contributed by atoms with Crippen LogP contribution in [0.4, 0.5) is 17.6 Å². The Morgan fingerprint density at radius 3 is 2.41 bits per heavy atom. The Bertz CT molecular complexity index is 621. The summed E-state index contributed by atoms with van der Waals surface area (Å²) in [5, 5.41) is 7.69. The van der Waals surface area contributed by atoms with Crippen LogP contribution in [0.25, 0.3) is 10.9 Å². The first-order valence-corrected chi connectivity index (χ1v) is 4.47. The van der Waals surface area contributed by atoms with Crippen molar-refractivity contribution in [1.29, 1.82) is 0 Å². The molecule has 0 radical (unpaired) electrons. The molecule has 0 aliphatic carbocycles. The SMILES string of the molecule is O=C(O)Cc1[nH]c2cc(F)c(F)c(F)c2c1F. The molecule has 90 valence electrons. The minimum atomic E-state index is -1.79. The Kier molecular flexibility index (Phi) is 2.53. The van der Waals surface area contributed by atoms with Gasteiger partial charge in [-0.2, -0.15) is 0 Å². The van der Waals surface area contributed by atoms with Gasteiger partial charge in [-0.25, -0.2) is 17.6 Å². The molecule has 0 unspecified atom stereocenters. The average molecular weight is 247 g/mol. The highest BCUT2D eigenvalue weighted by Gasteiger charge is 2.22. The molecule has 1 aromatic heterocycles. The smallest absolute Gasteiger partial charge is 0.309 e. The zero-order valence-electron chi connectivity index (χ0n) is 8.15. The van der Waals surface area contributed by atoms with Gasteiger partial charge in [0, 0.05) is 6.07 Å². The third kappa shape index (κ3) is 1.73. The van der Waals surface area contributed by atoms with Crippen molar-refractivity contribution in [2.24, 2.45) is 0 Å². The molecule has 2 aromatic rings. The number of aromatic amines is 1. The van der Waals surface area contributed by atoms with E-state index in [4.69, 9.17) is 5.11 Å². The number of hydrogen-bond acceptors (Lipinski definition) is 1. The van der Waals surface area contributed by atoms with Crippen molar-refractivity contribution in [3.05, 3.63) is 35.0 Å². The van der Waals surface area contributed by atoms with E-state index in [0.29, 0.717) is 6.07 Å². The maximum absolute atomic E-state index is 13.5. The largest absolute Gasteiger partial charge is 0.481 e. The number of aliphatic carboxylic acids is 1. The molecule has 2 N–H and O–H groups in total. The van der Waals surface area contributed by atoms with Gasteiger partial charge in [0.25, 0.3) is 0 Å². The fourth-order valence-corrected chi connectivity index (χ4v) is 1.55. The maximum Gasteiger partial charge on any atom is 0.309 e. The number of nitrogens with one attached hydrogen (secondary N) is 1. The summed E-state index contributed by atoms with van der Waals surface area (Å²) in [6, 6.07) is 0.572. The van der Waals surface area contributed by atoms with E-state index in [2.05, 4.69) is 4.98 Å². The van der Waals surface area contributed by atoms with Gasteiger partial charge in [0.1, 0.15) is 0 Å². The Morgan fingerprint density at radius 1 is 1.18 bits per heavy atom. The number of halogens is 4. The van der Waals surface area contributed by atoms with E-state index in [9.17, 15) is 22.4 Å². The lowest BCUT2D eigenvalue weighted by Gasteiger charge is -1.96. The predicted octanol–water partition coefficient (Wildman–Crippen LogP) is 2.35. The number of fused-ring (bicyclic) bond motifs is 1. The lowest BCUT2D eigenvalue weighted by atomic mass is 10.2. The van der Waals surface area contributed by atoms with Crippen LogP contribution in [0.2, 0.25) is 0 Å². The second-order valence-corrected chi connectivity index (χ2v) is 3.40. The minimum absolute atomic E-state index is 0.324. The zero-order valence-corrected chi connectivity index (χ0v) is 8.15. The highest BCUT2D eigenvalue weighted by molar-refractivity contribution is 5.83. The predicted molar refractivity (Wildman–Crippen MR) is 49.5 cm³/mol. The number of aromatic nitrogens is 1. The molecular formula is C10H5F4NO2. The van der Waals surface area contributed by atoms with Gasteiger partial charge in [-0.05, 0) is 0 Å². The fourth-order valence-electron chi connectivity index (χ4n) is 1.55. The lowest BCUT2D eigenvalue weighted by Crippen LogP contribution is -2.01. The molecule has 3 nitrogen and oxygen atoms in total. The molecule has 0 saturated heterocycles. The first-order valence-electron chi connectivity index (χ1n) is 4.47. The van der Waals surface area contributed by atoms with Crippen molar-refractivity contribution >= 4 is 16.9 Å². The summed E-state index contributed by atoms with van der Waals surface area (Å²) < 4.78 is 52.5. The summed E-state index contributed by atoms with van der Waals surface area (Å²) in [6.07, 6.45) is -0.733. The van der Waals surface area contributed by atoms with Crippen LogP contribution >= 0.6 is 0 Å². The fraction of sp³-hybridized carbons (Fsp3) is 0.100. The van der Waals surface area contributed by atoms with Crippen molar-refractivity contribution < 1.29 is 27.5 Å². The summed E-state index contributed by atoms with van der Waals surface area (Å²) in [5.41, 5.74) is -0.758. The van der Waals surface area contributed by atoms with Gasteiger partial charge in [0.05, 0.1) is 23.0 Å². The number of H-pyrrole nitrogens is 1. The molecule has 17 heavy (non-hydrogen) atoms. The first kappa shape index (κ1) is 11.4. The molecule has 1 heterocycles. The van der Waals surface area contributed by atoms with Gasteiger partial charge in [-0.3, -0.25) is 4.79 Å². The number of carbonyl (C=O) groups is 1. The summed E-state index contributed by atoms with van der Waals surface area (Å²) in [6.45, 7) is 0. The van der Waals surface area contributed by atoms with Crippen molar-refractivity contribution in [2.45, 2.75) is 6.42 Å². The molecule has 0 saturated carbocycles. The number of rotatable bonds is 2. The van der Waals surface area contributed by atoms with Crippen molar-refractivity contribution in [3.63, 3.8) is 0 Å². The first-order chi connectivity index (χ1) is 7.91. The van der Waals surface area contributed by atoms with Crippen molar-refractivity contribution in [3.8, 4) is 0 Å². The van der Waals surface area contributed by atoms with E-state index in [1.54, 1.807) is 0 Å². The van der Waals surface area contributed by atoms with Crippen LogP contribution in [0.1, 0.15) is 5.69 Å². The monoisotopic (exact) mass is 247 g/mol. The van der Waals surface area contributed by atoms with Crippen LogP contribution in [-0.4, -0.2) is 16.1 Å². The molecule has 0 spiro atoms. The maximum atomic E-state index is 13.5. The molecule has 0 aliphatic heterocycles. The summed E-state index contributed by atoms with van der Waals surface area (Å²) in [5.74, 6) is -7.52. The van der Waals surface area contributed by atoms with Gasteiger partial charge in [-0.15, -0.1) is 0 Å². The Hall–Kier alpha value is -2.05. The van der Waals surface area contributed by atoms with Gasteiger partial charge in [0.15, 0.2) is 23.3 Å². The van der Waals surface area contributed by atoms with E-state index >= 15 is 0 Å². The summed E-state index contributed by atoms with van der Waals surface area (Å²) in [4.78, 5) is 12.6. The van der Waals surface area contributed by atoms with Crippen LogP contribution in [0.15, 0.2) is 6.07 Å². The Labute approximate surface area is 91.7 Å². The normalized spacial score (nSPS) is 11.1. The summed E-state index contributed by atoms with van der Waals surface area (Å²) >= 11 is 0. The highest BCUT2D eigenvalue weighted by Crippen LogP contribution is 2.27. The van der Waals surface area contributed by atoms with E-state index < -0.39 is 46.7 Å². The number of benzene rings is 1. The van der Waals surface area contributed by atoms with Crippen molar-refractivity contribution in [2.75, 3.05) is 0 Å². The Morgan fingerprint density at radius 2 is 1.82 bits per heavy atom. The van der Waals surface area contributed by atoms with Crippen molar-refractivity contribution in [1.82, 2.24) is 4.98 Å². The van der Waals surface area contributed by atoms with Gasteiger partial charge in [0.2, 0.25) is 0 Å². The zero-order chi connectivity index (χ0) is 12.7. The Balaban J connectivity index is 2.74. The van der Waals surface area contributed by atoms with Crippen LogP contribution in [-0.2, 0) is 11.2 Å². The van der Waals surface area contributed by atoms with E-state index in [1.165, 1.54) is 0 Å². The molecular weight excluding hydrogens is 242 g/mol. The molecule has 0 atom stereocenters. The van der Waals surface area contributed by atoms with Crippen LogP contribution in [0, 0.1) is 23.3 Å². The van der Waals surface area contributed by atoms with Gasteiger partial charge in [-0.1, -0.05) is 0 Å². The highest BCUT2D eigenvalue weighted by atomic mass is 19.2. The average Bonchev–Trinajstić information content (AvgIpc) is 2.52. The van der Waals surface area contributed by atoms with E-state index in [0.717, 1.165) is 0 Å². The third-order valence-electron chi connectivity index (χ3n) is 2.26. The van der Waals surface area contributed by atoms with Crippen LogP contribution in [0.3, 0.4) is 0 Å². The van der Waals surface area contributed by atoms with E-state index in [-0.39, 0.29) is 5.52 Å². The topological polar surface area (TPSA) is 53.1 Å². The molecule has 0 fully saturated rings. The minimum Gasteiger partial charge on any atom is -0.481 e. The number of hydrogen-bond donors (Lipinski definition) is 2. The molecule has 1 aromatic carbocycles. The second-order valence-electron chi connectivity index (χ2n) is 3.40. The number of carboxylic acids is 1. The van der Waals surface area contributed by atoms with Crippen LogP contribution < -0.4 is 0 Å². The number of carboxylic acid groups (broad SMARTS) is 1. The molecule has 0 amide bonds. The van der Waals surface area contributed by atoms with Gasteiger partial charge >= 0.3 is 5.97 Å². The third-order valence-corrected chi connectivity index (χ3v) is 2.26.